The van der Waals surface area contributed by atoms with Crippen LogP contribution in [0.15, 0.2) is 18.9 Å². The predicted octanol–water partition coefficient (Wildman–Crippen LogP) is 1.29. The van der Waals surface area contributed by atoms with E-state index < -0.39 is 17.9 Å². The van der Waals surface area contributed by atoms with Crippen molar-refractivity contribution in [2.75, 3.05) is 13.2 Å². The van der Waals surface area contributed by atoms with Crippen LogP contribution in [0.1, 0.15) is 41.6 Å². The highest BCUT2D eigenvalue weighted by Gasteiger charge is 2.23. The first-order valence-corrected chi connectivity index (χ1v) is 6.92. The number of ether oxygens (including phenoxy) is 1. The number of aliphatic carboxylic acids is 1. The predicted molar refractivity (Wildman–Crippen MR) is 80.8 cm³/mol. The van der Waals surface area contributed by atoms with Crippen LogP contribution in [0.25, 0.3) is 0 Å². The number of rotatable bonds is 8. The summed E-state index contributed by atoms with van der Waals surface area (Å²) in [6.07, 6.45) is 2.92. The van der Waals surface area contributed by atoms with Gasteiger partial charge in [-0.3, -0.25) is 4.79 Å². The van der Waals surface area contributed by atoms with Crippen molar-refractivity contribution >= 4 is 11.9 Å². The van der Waals surface area contributed by atoms with Crippen molar-refractivity contribution in [2.45, 2.75) is 32.7 Å². The van der Waals surface area contributed by atoms with Crippen molar-refractivity contribution in [1.29, 1.82) is 0 Å². The zero-order chi connectivity index (χ0) is 16.7. The Labute approximate surface area is 129 Å². The third-order valence-electron chi connectivity index (χ3n) is 2.85. The summed E-state index contributed by atoms with van der Waals surface area (Å²) < 4.78 is 5.09. The number of carboxylic acid groups (broad SMARTS) is 1. The highest BCUT2D eigenvalue weighted by atomic mass is 16.5. The van der Waals surface area contributed by atoms with Gasteiger partial charge in [0.2, 0.25) is 0 Å². The normalized spacial score (nSPS) is 12.0. The molecule has 1 atom stereocenters. The molecule has 120 valence electrons. The number of nitrogens with zero attached hydrogens (tertiary/aromatic N) is 2. The summed E-state index contributed by atoms with van der Waals surface area (Å²) >= 11 is 0. The molecule has 1 aromatic heterocycles. The lowest BCUT2D eigenvalue weighted by Crippen LogP contribution is -2.44. The molecule has 0 aliphatic heterocycles. The van der Waals surface area contributed by atoms with Crippen LogP contribution in [0.5, 0.6) is 0 Å². The number of hydrogen-bond donors (Lipinski definition) is 2. The highest BCUT2D eigenvalue weighted by Crippen LogP contribution is 2.16. The Morgan fingerprint density at radius 1 is 1.50 bits per heavy atom. The fourth-order valence-electron chi connectivity index (χ4n) is 1.78. The first-order chi connectivity index (χ1) is 10.4. The fourth-order valence-corrected chi connectivity index (χ4v) is 1.78. The third-order valence-corrected chi connectivity index (χ3v) is 2.85. The lowest BCUT2D eigenvalue weighted by Gasteiger charge is -2.16. The highest BCUT2D eigenvalue weighted by molar-refractivity contribution is 5.97. The lowest BCUT2D eigenvalue weighted by atomic mass is 10.0. The molecule has 0 radical (unpaired) electrons. The van der Waals surface area contributed by atoms with Crippen molar-refractivity contribution in [3.8, 4) is 0 Å². The lowest BCUT2D eigenvalue weighted by molar-refractivity contribution is -0.140. The van der Waals surface area contributed by atoms with E-state index in [2.05, 4.69) is 21.9 Å². The molecule has 1 unspecified atom stereocenters. The van der Waals surface area contributed by atoms with E-state index in [9.17, 15) is 9.59 Å². The summed E-state index contributed by atoms with van der Waals surface area (Å²) in [5.41, 5.74) is 0.858. The zero-order valence-corrected chi connectivity index (χ0v) is 13.0. The topological polar surface area (TPSA) is 101 Å². The molecule has 0 spiro atoms. The average Bonchev–Trinajstić information content (AvgIpc) is 2.45. The van der Waals surface area contributed by atoms with E-state index in [1.165, 1.54) is 12.3 Å². The molecule has 22 heavy (non-hydrogen) atoms. The van der Waals surface area contributed by atoms with Crippen LogP contribution in [0.3, 0.4) is 0 Å². The van der Waals surface area contributed by atoms with Gasteiger partial charge in [0.15, 0.2) is 6.04 Å². The molecule has 0 saturated carbocycles. The molecule has 0 aliphatic rings. The van der Waals surface area contributed by atoms with Gasteiger partial charge in [-0.05, 0) is 12.8 Å². The Kier molecular flexibility index (Phi) is 6.65. The van der Waals surface area contributed by atoms with Crippen LogP contribution in [0.4, 0.5) is 0 Å². The SMILES string of the molecule is C=CCOCC(NC(=O)c1cnc(C)nc1C(C)C)C(=O)O. The van der Waals surface area contributed by atoms with Gasteiger partial charge >= 0.3 is 5.97 Å². The summed E-state index contributed by atoms with van der Waals surface area (Å²) in [5.74, 6) is -1.12. The molecule has 7 nitrogen and oxygen atoms in total. The maximum Gasteiger partial charge on any atom is 0.328 e. The van der Waals surface area contributed by atoms with Crippen LogP contribution < -0.4 is 5.32 Å². The monoisotopic (exact) mass is 307 g/mol. The van der Waals surface area contributed by atoms with E-state index in [4.69, 9.17) is 9.84 Å². The second kappa shape index (κ2) is 8.23. The summed E-state index contributed by atoms with van der Waals surface area (Å²) in [6, 6.07) is -1.14. The molecule has 0 saturated heterocycles. The summed E-state index contributed by atoms with van der Waals surface area (Å²) in [4.78, 5) is 31.7. The quantitative estimate of drug-likeness (QED) is 0.554. The largest absolute Gasteiger partial charge is 0.480 e. The Morgan fingerprint density at radius 3 is 2.73 bits per heavy atom. The number of aryl methyl sites for hydroxylation is 1. The maximum atomic E-state index is 12.3. The van der Waals surface area contributed by atoms with Gasteiger partial charge in [-0.2, -0.15) is 0 Å². The summed E-state index contributed by atoms with van der Waals surface area (Å²) in [7, 11) is 0. The van der Waals surface area contributed by atoms with Gasteiger partial charge < -0.3 is 15.2 Å². The van der Waals surface area contributed by atoms with E-state index in [1.54, 1.807) is 6.92 Å². The van der Waals surface area contributed by atoms with Crippen LogP contribution >= 0.6 is 0 Å². The third kappa shape index (κ3) is 4.92. The Hall–Kier alpha value is -2.28. The van der Waals surface area contributed by atoms with Gasteiger partial charge in [-0.15, -0.1) is 6.58 Å². The second-order valence-corrected chi connectivity index (χ2v) is 5.06. The van der Waals surface area contributed by atoms with Gasteiger partial charge in [0.25, 0.3) is 5.91 Å². The molecule has 0 fully saturated rings. The maximum absolute atomic E-state index is 12.3. The number of carbonyl (C=O) groups is 2. The van der Waals surface area contributed by atoms with E-state index in [-0.39, 0.29) is 24.7 Å². The molecule has 1 rings (SSSR count). The molecule has 1 heterocycles. The Bertz CT molecular complexity index is 558. The number of aromatic nitrogens is 2. The van der Waals surface area contributed by atoms with Crippen molar-refractivity contribution in [3.63, 3.8) is 0 Å². The Morgan fingerprint density at radius 2 is 2.18 bits per heavy atom. The van der Waals surface area contributed by atoms with Crippen LogP contribution in [-0.2, 0) is 9.53 Å². The van der Waals surface area contributed by atoms with E-state index in [1.807, 2.05) is 13.8 Å². The van der Waals surface area contributed by atoms with Crippen LogP contribution in [0.2, 0.25) is 0 Å². The first kappa shape index (κ1) is 17.8. The van der Waals surface area contributed by atoms with Crippen LogP contribution in [-0.4, -0.2) is 46.2 Å². The van der Waals surface area contributed by atoms with E-state index in [0.717, 1.165) is 0 Å². The van der Waals surface area contributed by atoms with E-state index in [0.29, 0.717) is 11.5 Å². The number of nitrogens with one attached hydrogen (secondary N) is 1. The minimum atomic E-state index is -1.17. The fraction of sp³-hybridized carbons (Fsp3) is 0.467. The zero-order valence-electron chi connectivity index (χ0n) is 13.0. The average molecular weight is 307 g/mol. The number of carbonyl (C=O) groups excluding carboxylic acids is 1. The molecule has 2 N–H and O–H groups in total. The molecular weight excluding hydrogens is 286 g/mol. The van der Waals surface area contributed by atoms with Gasteiger partial charge in [0, 0.05) is 6.20 Å². The van der Waals surface area contributed by atoms with Gasteiger partial charge in [0.1, 0.15) is 5.82 Å². The van der Waals surface area contributed by atoms with Crippen LogP contribution in [0, 0.1) is 6.92 Å². The number of carboxylic acids is 1. The summed E-state index contributed by atoms with van der Waals surface area (Å²) in [6.45, 7) is 9.08. The standard InChI is InChI=1S/C15H21N3O4/c1-5-6-22-8-12(15(20)21)18-14(19)11-7-16-10(4)17-13(11)9(2)3/h5,7,9,12H,1,6,8H2,2-4H3,(H,18,19)(H,20,21). The minimum absolute atomic E-state index is 0.0164. The minimum Gasteiger partial charge on any atom is -0.480 e. The van der Waals surface area contributed by atoms with Crippen molar-refractivity contribution < 1.29 is 19.4 Å². The number of amides is 1. The molecule has 0 aromatic carbocycles. The van der Waals surface area contributed by atoms with Gasteiger partial charge in [-0.1, -0.05) is 19.9 Å². The Balaban J connectivity index is 2.90. The van der Waals surface area contributed by atoms with E-state index >= 15 is 0 Å². The molecule has 0 aliphatic carbocycles. The summed E-state index contributed by atoms with van der Waals surface area (Å²) in [5, 5.41) is 11.6. The molecule has 1 amide bonds. The second-order valence-electron chi connectivity index (χ2n) is 5.06. The van der Waals surface area contributed by atoms with Gasteiger partial charge in [0.05, 0.1) is 24.5 Å². The molecular formula is C15H21N3O4. The van der Waals surface area contributed by atoms with Gasteiger partial charge in [-0.25, -0.2) is 14.8 Å². The molecule has 7 heteroatoms. The van der Waals surface area contributed by atoms with Crippen molar-refractivity contribution in [2.24, 2.45) is 0 Å². The number of hydrogen-bond acceptors (Lipinski definition) is 5. The molecule has 1 aromatic rings. The first-order valence-electron chi connectivity index (χ1n) is 6.92. The van der Waals surface area contributed by atoms with Crippen molar-refractivity contribution in [1.82, 2.24) is 15.3 Å². The van der Waals surface area contributed by atoms with Crippen molar-refractivity contribution in [3.05, 3.63) is 35.9 Å². The smallest absolute Gasteiger partial charge is 0.328 e. The molecule has 0 bridgehead atoms.